The van der Waals surface area contributed by atoms with E-state index in [2.05, 4.69) is 0 Å². The summed E-state index contributed by atoms with van der Waals surface area (Å²) < 4.78 is 32.6. The number of halogens is 2. The number of ether oxygens (including phenoxy) is 1. The van der Waals surface area contributed by atoms with Crippen molar-refractivity contribution in [1.82, 2.24) is 0 Å². The maximum atomic E-state index is 13.4. The molecule has 1 aromatic rings. The van der Waals surface area contributed by atoms with Crippen molar-refractivity contribution in [3.8, 4) is 0 Å². The molecular weight excluding hydrogens is 262 g/mol. The molecule has 110 valence electrons. The summed E-state index contributed by atoms with van der Waals surface area (Å²) in [4.78, 5) is 0. The second-order valence-electron chi connectivity index (χ2n) is 6.38. The zero-order valence-electron chi connectivity index (χ0n) is 11.7. The topological polar surface area (TPSA) is 29.5 Å². The Morgan fingerprint density at radius 2 is 1.90 bits per heavy atom. The highest BCUT2D eigenvalue weighted by molar-refractivity contribution is 5.25. The highest BCUT2D eigenvalue weighted by Crippen LogP contribution is 2.48. The highest BCUT2D eigenvalue weighted by Gasteiger charge is 2.47. The summed E-state index contributed by atoms with van der Waals surface area (Å²) in [6.45, 7) is 2.27. The smallest absolute Gasteiger partial charge is 0.126 e. The van der Waals surface area contributed by atoms with Gasteiger partial charge >= 0.3 is 0 Å². The first-order valence-corrected chi connectivity index (χ1v) is 7.24. The monoisotopic (exact) mass is 282 g/mol. The molecular formula is C16H20F2O2. The van der Waals surface area contributed by atoms with Gasteiger partial charge in [0.15, 0.2) is 0 Å². The van der Waals surface area contributed by atoms with Crippen molar-refractivity contribution in [2.75, 3.05) is 6.61 Å². The van der Waals surface area contributed by atoms with E-state index in [0.717, 1.165) is 31.7 Å². The van der Waals surface area contributed by atoms with Crippen molar-refractivity contribution >= 4 is 0 Å². The van der Waals surface area contributed by atoms with E-state index in [9.17, 15) is 13.9 Å². The molecule has 2 nitrogen and oxygen atoms in total. The van der Waals surface area contributed by atoms with Gasteiger partial charge in [-0.2, -0.15) is 0 Å². The predicted molar refractivity (Wildman–Crippen MR) is 71.2 cm³/mol. The molecule has 1 saturated carbocycles. The molecule has 0 aromatic heterocycles. The Bertz CT molecular complexity index is 489. The van der Waals surface area contributed by atoms with E-state index in [-0.39, 0.29) is 11.5 Å². The summed E-state index contributed by atoms with van der Waals surface area (Å²) in [5, 5.41) is 10.8. The summed E-state index contributed by atoms with van der Waals surface area (Å²) in [7, 11) is 0. The van der Waals surface area contributed by atoms with Gasteiger partial charge in [0.05, 0.1) is 11.2 Å². The molecule has 1 aromatic carbocycles. The number of hydrogen-bond acceptors (Lipinski definition) is 2. The van der Waals surface area contributed by atoms with Gasteiger partial charge in [0.1, 0.15) is 11.6 Å². The average Bonchev–Trinajstić information content (AvgIpc) is 2.36. The van der Waals surface area contributed by atoms with Crippen molar-refractivity contribution in [2.45, 2.75) is 50.2 Å². The summed E-state index contributed by atoms with van der Waals surface area (Å²) in [5.41, 5.74) is -1.01. The van der Waals surface area contributed by atoms with Gasteiger partial charge in [-0.25, -0.2) is 8.78 Å². The van der Waals surface area contributed by atoms with Crippen LogP contribution in [0.15, 0.2) is 18.2 Å². The van der Waals surface area contributed by atoms with Crippen LogP contribution < -0.4 is 0 Å². The second-order valence-corrected chi connectivity index (χ2v) is 6.38. The van der Waals surface area contributed by atoms with Gasteiger partial charge < -0.3 is 9.84 Å². The minimum absolute atomic E-state index is 0.0299. The average molecular weight is 282 g/mol. The molecule has 2 aliphatic rings. The van der Waals surface area contributed by atoms with Gasteiger partial charge in [0, 0.05) is 12.7 Å². The van der Waals surface area contributed by atoms with Crippen LogP contribution in [0.3, 0.4) is 0 Å². The fraction of sp³-hybridized carbons (Fsp3) is 0.625. The largest absolute Gasteiger partial charge is 0.385 e. The maximum absolute atomic E-state index is 13.4. The van der Waals surface area contributed by atoms with Gasteiger partial charge in [-0.3, -0.25) is 0 Å². The zero-order valence-corrected chi connectivity index (χ0v) is 11.7. The summed E-state index contributed by atoms with van der Waals surface area (Å²) in [6, 6.07) is 3.29. The molecule has 20 heavy (non-hydrogen) atoms. The fourth-order valence-electron chi connectivity index (χ4n) is 3.51. The van der Waals surface area contributed by atoms with E-state index < -0.39 is 17.2 Å². The van der Waals surface area contributed by atoms with E-state index >= 15 is 0 Å². The molecule has 3 rings (SSSR count). The Morgan fingerprint density at radius 1 is 1.25 bits per heavy atom. The first-order chi connectivity index (χ1) is 9.41. The Morgan fingerprint density at radius 3 is 2.45 bits per heavy atom. The van der Waals surface area contributed by atoms with E-state index in [1.165, 1.54) is 12.1 Å². The van der Waals surface area contributed by atoms with Gasteiger partial charge in [0.25, 0.3) is 0 Å². The van der Waals surface area contributed by atoms with Crippen LogP contribution in [0.4, 0.5) is 8.78 Å². The van der Waals surface area contributed by atoms with Crippen LogP contribution in [-0.4, -0.2) is 17.3 Å². The van der Waals surface area contributed by atoms with Gasteiger partial charge in [0.2, 0.25) is 0 Å². The number of hydrogen-bond donors (Lipinski definition) is 1. The van der Waals surface area contributed by atoms with Crippen molar-refractivity contribution in [3.05, 3.63) is 35.4 Å². The molecule has 0 amide bonds. The highest BCUT2D eigenvalue weighted by atomic mass is 19.1. The molecule has 2 atom stereocenters. The fourth-order valence-corrected chi connectivity index (χ4v) is 3.51. The molecule has 2 fully saturated rings. The van der Waals surface area contributed by atoms with E-state index in [0.29, 0.717) is 18.6 Å². The van der Waals surface area contributed by atoms with E-state index in [4.69, 9.17) is 4.74 Å². The number of rotatable bonds is 2. The van der Waals surface area contributed by atoms with Crippen molar-refractivity contribution in [1.29, 1.82) is 0 Å². The number of aliphatic hydroxyl groups is 1. The van der Waals surface area contributed by atoms with Crippen LogP contribution in [-0.2, 0) is 10.3 Å². The third-order valence-corrected chi connectivity index (χ3v) is 5.00. The second kappa shape index (κ2) is 4.78. The van der Waals surface area contributed by atoms with Crippen molar-refractivity contribution < 1.29 is 18.6 Å². The Balaban J connectivity index is 1.86. The lowest BCUT2D eigenvalue weighted by Gasteiger charge is -2.50. The van der Waals surface area contributed by atoms with Gasteiger partial charge in [-0.15, -0.1) is 0 Å². The molecule has 1 aliphatic carbocycles. The Kier molecular flexibility index (Phi) is 3.33. The zero-order chi connectivity index (χ0) is 14.4. The van der Waals surface area contributed by atoms with Crippen LogP contribution in [0, 0.1) is 17.6 Å². The molecule has 2 unspecified atom stereocenters. The summed E-state index contributed by atoms with van der Waals surface area (Å²) in [5.74, 6) is -1.32. The van der Waals surface area contributed by atoms with Crippen LogP contribution in [0.5, 0.6) is 0 Å². The predicted octanol–water partition coefficient (Wildman–Crippen LogP) is 3.52. The first kappa shape index (κ1) is 14.0. The summed E-state index contributed by atoms with van der Waals surface area (Å²) >= 11 is 0. The normalized spacial score (nSPS) is 27.9. The Hall–Kier alpha value is -1.00. The molecule has 1 saturated heterocycles. The molecule has 0 radical (unpaired) electrons. The molecule has 1 N–H and O–H groups in total. The molecule has 1 aliphatic heterocycles. The first-order valence-electron chi connectivity index (χ1n) is 7.24. The van der Waals surface area contributed by atoms with Gasteiger partial charge in [-0.1, -0.05) is 0 Å². The van der Waals surface area contributed by atoms with E-state index in [1.54, 1.807) is 6.92 Å². The lowest BCUT2D eigenvalue weighted by Crippen LogP contribution is -2.49. The number of benzene rings is 1. The standard InChI is InChI=1S/C16H20F2O2/c1-15(19,12-7-13(17)9-14(18)8-12)11-3-6-20-16(10-11)4-2-5-16/h7-9,11,19H,2-6,10H2,1H3. The third-order valence-electron chi connectivity index (χ3n) is 5.00. The minimum Gasteiger partial charge on any atom is -0.385 e. The SMILES string of the molecule is CC(O)(c1cc(F)cc(F)c1)C1CCOC2(CCC2)C1. The van der Waals surface area contributed by atoms with Gasteiger partial charge in [-0.05, 0) is 62.6 Å². The van der Waals surface area contributed by atoms with Crippen LogP contribution in [0.2, 0.25) is 0 Å². The maximum Gasteiger partial charge on any atom is 0.126 e. The van der Waals surface area contributed by atoms with Crippen LogP contribution in [0.25, 0.3) is 0 Å². The molecule has 1 spiro atoms. The quantitative estimate of drug-likeness (QED) is 0.899. The Labute approximate surface area is 117 Å². The molecule has 1 heterocycles. The molecule has 0 bridgehead atoms. The van der Waals surface area contributed by atoms with Crippen LogP contribution >= 0.6 is 0 Å². The van der Waals surface area contributed by atoms with E-state index in [1.807, 2.05) is 0 Å². The van der Waals surface area contributed by atoms with Crippen molar-refractivity contribution in [2.24, 2.45) is 5.92 Å². The summed E-state index contributed by atoms with van der Waals surface area (Å²) in [6.07, 6.45) is 4.68. The lowest BCUT2D eigenvalue weighted by atomic mass is 9.67. The van der Waals surface area contributed by atoms with Crippen LogP contribution in [0.1, 0.15) is 44.6 Å². The lowest BCUT2D eigenvalue weighted by molar-refractivity contribution is -0.174. The third kappa shape index (κ3) is 2.35. The molecule has 4 heteroatoms. The van der Waals surface area contributed by atoms with Crippen molar-refractivity contribution in [3.63, 3.8) is 0 Å². The minimum atomic E-state index is -1.23.